The molecule has 0 unspecified atom stereocenters. The Balaban J connectivity index is 1.56. The van der Waals surface area contributed by atoms with Crippen molar-refractivity contribution in [3.8, 4) is 5.75 Å². The van der Waals surface area contributed by atoms with Gasteiger partial charge in [0.25, 0.3) is 0 Å². The summed E-state index contributed by atoms with van der Waals surface area (Å²) in [6, 6.07) is 7.23. The number of nitrogens with one attached hydrogen (secondary N) is 1. The second-order valence-electron chi connectivity index (χ2n) is 6.85. The quantitative estimate of drug-likeness (QED) is 0.894. The van der Waals surface area contributed by atoms with E-state index in [1.165, 1.54) is 0 Å². The number of phenolic OH excluding ortho intramolecular Hbond substituents is 1. The highest BCUT2D eigenvalue weighted by Gasteiger charge is 2.26. The summed E-state index contributed by atoms with van der Waals surface area (Å²) in [5.41, 5.74) is 4.27. The zero-order valence-electron chi connectivity index (χ0n) is 15.1. The summed E-state index contributed by atoms with van der Waals surface area (Å²) >= 11 is 0. The van der Waals surface area contributed by atoms with Crippen LogP contribution in [0.25, 0.3) is 0 Å². The number of rotatable bonds is 4. The lowest BCUT2D eigenvalue weighted by atomic mass is 9.98. The molecule has 1 saturated heterocycles. The number of aromatic hydroxyl groups is 1. The van der Waals surface area contributed by atoms with Crippen LogP contribution in [0.4, 0.5) is 5.69 Å². The number of hydrogen-bond acceptors (Lipinski definition) is 4. The molecule has 1 fully saturated rings. The lowest BCUT2D eigenvalue weighted by Gasteiger charge is -2.37. The minimum atomic E-state index is -0.0461. The number of amides is 1. The summed E-state index contributed by atoms with van der Waals surface area (Å²) in [5.74, 6) is 0.441. The van der Waals surface area contributed by atoms with Crippen molar-refractivity contribution in [3.63, 3.8) is 0 Å². The first kappa shape index (κ1) is 17.3. The van der Waals surface area contributed by atoms with Gasteiger partial charge in [0.15, 0.2) is 0 Å². The first-order chi connectivity index (χ1) is 12.0. The summed E-state index contributed by atoms with van der Waals surface area (Å²) in [5, 5.41) is 16.6. The van der Waals surface area contributed by atoms with Gasteiger partial charge in [-0.05, 0) is 50.1 Å². The molecule has 6 nitrogen and oxygen atoms in total. The maximum absolute atomic E-state index is 12.8. The second kappa shape index (κ2) is 7.17. The van der Waals surface area contributed by atoms with E-state index in [1.807, 2.05) is 37.8 Å². The molecule has 1 aromatic heterocycles. The largest absolute Gasteiger partial charge is 0.508 e. The highest BCUT2D eigenvalue weighted by atomic mass is 16.3. The molecule has 1 aliphatic rings. The molecule has 2 N–H and O–H groups in total. The van der Waals surface area contributed by atoms with Gasteiger partial charge in [0, 0.05) is 43.5 Å². The number of anilines is 1. The topological polar surface area (TPSA) is 72.5 Å². The van der Waals surface area contributed by atoms with Crippen LogP contribution in [0.15, 0.2) is 24.3 Å². The molecule has 0 aliphatic carbocycles. The number of carbonyl (C=O) groups is 1. The van der Waals surface area contributed by atoms with E-state index in [9.17, 15) is 9.90 Å². The molecular formula is C19H26N4O2. The predicted octanol–water partition coefficient (Wildman–Crippen LogP) is 2.26. The summed E-state index contributed by atoms with van der Waals surface area (Å²) in [6.45, 7) is 9.07. The standard InChI is InChI=1S/C19H26N4O2/c1-13(12-18-14(2)20-21-15(18)3)19(25)23-10-8-22(9-11-23)16-4-6-17(24)7-5-16/h4-7,13,24H,8-12H2,1-3H3,(H,20,21)/t13-/m0/s1. The number of aryl methyl sites for hydroxylation is 2. The number of piperazine rings is 1. The molecule has 1 aliphatic heterocycles. The van der Waals surface area contributed by atoms with E-state index in [-0.39, 0.29) is 17.6 Å². The van der Waals surface area contributed by atoms with Crippen molar-refractivity contribution in [1.82, 2.24) is 15.1 Å². The number of benzene rings is 1. The SMILES string of the molecule is Cc1n[nH]c(C)c1C[C@H](C)C(=O)N1CCN(c2ccc(O)cc2)CC1. The lowest BCUT2D eigenvalue weighted by molar-refractivity contribution is -0.135. The first-order valence-electron chi connectivity index (χ1n) is 8.79. The second-order valence-corrected chi connectivity index (χ2v) is 6.85. The fourth-order valence-corrected chi connectivity index (χ4v) is 3.43. The predicted molar refractivity (Wildman–Crippen MR) is 97.8 cm³/mol. The average molecular weight is 342 g/mol. The minimum absolute atomic E-state index is 0.0461. The molecule has 1 aromatic carbocycles. The molecule has 0 spiro atoms. The van der Waals surface area contributed by atoms with E-state index >= 15 is 0 Å². The Labute approximate surface area is 148 Å². The van der Waals surface area contributed by atoms with Gasteiger partial charge in [-0.1, -0.05) is 6.92 Å². The molecule has 1 amide bonds. The molecule has 1 atom stereocenters. The molecule has 2 heterocycles. The van der Waals surface area contributed by atoms with Crippen molar-refractivity contribution in [1.29, 1.82) is 0 Å². The van der Waals surface area contributed by atoms with E-state index < -0.39 is 0 Å². The Bertz CT molecular complexity index is 711. The van der Waals surface area contributed by atoms with Crippen LogP contribution < -0.4 is 4.90 Å². The fraction of sp³-hybridized carbons (Fsp3) is 0.474. The van der Waals surface area contributed by atoms with Gasteiger partial charge in [-0.15, -0.1) is 0 Å². The van der Waals surface area contributed by atoms with Crippen LogP contribution in [-0.2, 0) is 11.2 Å². The van der Waals surface area contributed by atoms with E-state index in [1.54, 1.807) is 12.1 Å². The zero-order chi connectivity index (χ0) is 18.0. The number of phenols is 1. The van der Waals surface area contributed by atoms with Crippen molar-refractivity contribution >= 4 is 11.6 Å². The highest BCUT2D eigenvalue weighted by molar-refractivity contribution is 5.79. The maximum atomic E-state index is 12.8. The molecule has 0 radical (unpaired) electrons. The van der Waals surface area contributed by atoms with Crippen LogP contribution in [0, 0.1) is 19.8 Å². The minimum Gasteiger partial charge on any atom is -0.508 e. The Hall–Kier alpha value is -2.50. The van der Waals surface area contributed by atoms with Gasteiger partial charge in [-0.2, -0.15) is 5.10 Å². The molecule has 134 valence electrons. The molecule has 6 heteroatoms. The Morgan fingerprint density at radius 1 is 1.20 bits per heavy atom. The Kier molecular flexibility index (Phi) is 4.97. The van der Waals surface area contributed by atoms with Crippen molar-refractivity contribution in [3.05, 3.63) is 41.2 Å². The maximum Gasteiger partial charge on any atom is 0.225 e. The van der Waals surface area contributed by atoms with Gasteiger partial charge in [-0.25, -0.2) is 0 Å². The van der Waals surface area contributed by atoms with Gasteiger partial charge < -0.3 is 14.9 Å². The summed E-state index contributed by atoms with van der Waals surface area (Å²) in [6.07, 6.45) is 0.727. The van der Waals surface area contributed by atoms with E-state index in [0.29, 0.717) is 0 Å². The number of nitrogens with zero attached hydrogens (tertiary/aromatic N) is 3. The molecular weight excluding hydrogens is 316 g/mol. The van der Waals surface area contributed by atoms with Crippen LogP contribution >= 0.6 is 0 Å². The van der Waals surface area contributed by atoms with E-state index in [2.05, 4.69) is 15.1 Å². The monoisotopic (exact) mass is 342 g/mol. The van der Waals surface area contributed by atoms with Gasteiger partial charge >= 0.3 is 0 Å². The third-order valence-electron chi connectivity index (χ3n) is 5.02. The third kappa shape index (κ3) is 3.78. The number of aromatic nitrogens is 2. The molecule has 3 rings (SSSR count). The lowest BCUT2D eigenvalue weighted by Crippen LogP contribution is -2.50. The molecule has 0 bridgehead atoms. The molecule has 25 heavy (non-hydrogen) atoms. The molecule has 2 aromatic rings. The summed E-state index contributed by atoms with van der Waals surface area (Å²) in [7, 11) is 0. The van der Waals surface area contributed by atoms with Crippen LogP contribution in [0.1, 0.15) is 23.9 Å². The smallest absolute Gasteiger partial charge is 0.225 e. The van der Waals surface area contributed by atoms with Gasteiger partial charge in [0.2, 0.25) is 5.91 Å². The number of H-pyrrole nitrogens is 1. The highest BCUT2D eigenvalue weighted by Crippen LogP contribution is 2.21. The molecule has 0 saturated carbocycles. The first-order valence-corrected chi connectivity index (χ1v) is 8.79. The van der Waals surface area contributed by atoms with Gasteiger partial charge in [-0.3, -0.25) is 9.89 Å². The van der Waals surface area contributed by atoms with E-state index in [4.69, 9.17) is 0 Å². The number of aromatic amines is 1. The van der Waals surface area contributed by atoms with Crippen molar-refractivity contribution in [2.75, 3.05) is 31.1 Å². The van der Waals surface area contributed by atoms with E-state index in [0.717, 1.165) is 55.2 Å². The van der Waals surface area contributed by atoms with Crippen molar-refractivity contribution in [2.45, 2.75) is 27.2 Å². The normalized spacial score (nSPS) is 16.1. The summed E-state index contributed by atoms with van der Waals surface area (Å²) < 4.78 is 0. The number of hydrogen-bond donors (Lipinski definition) is 2. The van der Waals surface area contributed by atoms with Gasteiger partial charge in [0.1, 0.15) is 5.75 Å². The van der Waals surface area contributed by atoms with Gasteiger partial charge in [0.05, 0.1) is 5.69 Å². The average Bonchev–Trinajstić information content (AvgIpc) is 2.94. The summed E-state index contributed by atoms with van der Waals surface area (Å²) in [4.78, 5) is 17.0. The van der Waals surface area contributed by atoms with Crippen LogP contribution in [0.5, 0.6) is 5.75 Å². The third-order valence-corrected chi connectivity index (χ3v) is 5.02. The van der Waals surface area contributed by atoms with Crippen LogP contribution in [0.3, 0.4) is 0 Å². The number of carbonyl (C=O) groups excluding carboxylic acids is 1. The van der Waals surface area contributed by atoms with Crippen LogP contribution in [-0.4, -0.2) is 52.3 Å². The van der Waals surface area contributed by atoms with Crippen molar-refractivity contribution in [2.24, 2.45) is 5.92 Å². The van der Waals surface area contributed by atoms with Crippen molar-refractivity contribution < 1.29 is 9.90 Å². The zero-order valence-corrected chi connectivity index (χ0v) is 15.1. The van der Waals surface area contributed by atoms with Crippen LogP contribution in [0.2, 0.25) is 0 Å². The fourth-order valence-electron chi connectivity index (χ4n) is 3.43. The Morgan fingerprint density at radius 2 is 1.84 bits per heavy atom. The Morgan fingerprint density at radius 3 is 2.40 bits per heavy atom.